The van der Waals surface area contributed by atoms with Crippen LogP contribution in [0.1, 0.15) is 78.6 Å². The van der Waals surface area contributed by atoms with Crippen molar-refractivity contribution in [3.05, 3.63) is 12.7 Å². The van der Waals surface area contributed by atoms with Crippen molar-refractivity contribution >= 4 is 14.3 Å². The highest BCUT2D eigenvalue weighted by molar-refractivity contribution is 6.74. The molecule has 1 fully saturated rings. The molecule has 1 saturated carbocycles. The van der Waals surface area contributed by atoms with Crippen LogP contribution >= 0.6 is 0 Å². The van der Waals surface area contributed by atoms with Gasteiger partial charge in [-0.3, -0.25) is 4.79 Å². The molecule has 0 aromatic carbocycles. The van der Waals surface area contributed by atoms with Crippen LogP contribution in [0.3, 0.4) is 0 Å². The topological polar surface area (TPSA) is 55.8 Å². The van der Waals surface area contributed by atoms with Crippen molar-refractivity contribution < 1.29 is 19.1 Å². The lowest BCUT2D eigenvalue weighted by Crippen LogP contribution is -2.45. The predicted octanol–water partition coefficient (Wildman–Crippen LogP) is 5.85. The minimum absolute atomic E-state index is 0.124. The van der Waals surface area contributed by atoms with Crippen molar-refractivity contribution in [1.29, 1.82) is 0 Å². The van der Waals surface area contributed by atoms with E-state index < -0.39 is 8.32 Å². The molecule has 164 valence electrons. The average Bonchev–Trinajstić information content (AvgIpc) is 2.88. The van der Waals surface area contributed by atoms with Crippen LogP contribution in [0.25, 0.3) is 0 Å². The molecule has 1 aliphatic carbocycles. The molecule has 0 aromatic rings. The summed E-state index contributed by atoms with van der Waals surface area (Å²) in [5.74, 6) is 0.605. The number of carbonyl (C=O) groups excluding carboxylic acids is 1. The lowest BCUT2D eigenvalue weighted by molar-refractivity contribution is -0.140. The molecule has 1 unspecified atom stereocenters. The summed E-state index contributed by atoms with van der Waals surface area (Å²) in [5, 5.41) is 11.0. The zero-order chi connectivity index (χ0) is 21.4. The first-order valence-corrected chi connectivity index (χ1v) is 14.0. The first-order chi connectivity index (χ1) is 13.0. The molecule has 0 amide bonds. The summed E-state index contributed by atoms with van der Waals surface area (Å²) in [6.07, 6.45) is 10.3. The number of aliphatic hydroxyl groups is 1. The first-order valence-electron chi connectivity index (χ1n) is 11.1. The largest absolute Gasteiger partial charge is 0.469 e. The Balaban J connectivity index is 2.61. The van der Waals surface area contributed by atoms with E-state index in [-0.39, 0.29) is 23.2 Å². The summed E-state index contributed by atoms with van der Waals surface area (Å²) >= 11 is 0. The summed E-state index contributed by atoms with van der Waals surface area (Å²) < 4.78 is 11.4. The third-order valence-electron chi connectivity index (χ3n) is 6.85. The maximum atomic E-state index is 11.2. The molecule has 0 spiro atoms. The molecule has 1 aliphatic rings. The normalized spacial score (nSPS) is 25.7. The second-order valence-corrected chi connectivity index (χ2v) is 14.7. The van der Waals surface area contributed by atoms with Crippen molar-refractivity contribution in [3.63, 3.8) is 0 Å². The summed E-state index contributed by atoms with van der Waals surface area (Å²) in [6, 6.07) is 0. The highest BCUT2D eigenvalue weighted by Crippen LogP contribution is 2.45. The van der Waals surface area contributed by atoms with Gasteiger partial charge in [-0.05, 0) is 62.1 Å². The van der Waals surface area contributed by atoms with Gasteiger partial charge in [0.25, 0.3) is 0 Å². The molecule has 0 aliphatic heterocycles. The standard InChI is InChI=1S/C23H44O4Si/c1-8-9-14-19-18(15-12-10-11-13-16-22(25)26-5)20(24)17-21(19)27-28(6,7)23(2,3)4/h8,18-21,24H,1,9-17H2,2-7H3/t18-,19-,20+,21?/m1/s1. The second-order valence-electron chi connectivity index (χ2n) is 9.94. The van der Waals surface area contributed by atoms with Gasteiger partial charge >= 0.3 is 5.97 Å². The summed E-state index contributed by atoms with van der Waals surface area (Å²) in [4.78, 5) is 11.2. The molecule has 0 heterocycles. The molecule has 0 radical (unpaired) electrons. The van der Waals surface area contributed by atoms with Gasteiger partial charge in [0.15, 0.2) is 8.32 Å². The number of aliphatic hydroxyl groups excluding tert-OH is 1. The number of ether oxygens (including phenoxy) is 1. The lowest BCUT2D eigenvalue weighted by atomic mass is 9.85. The molecule has 4 atom stereocenters. The predicted molar refractivity (Wildman–Crippen MR) is 119 cm³/mol. The van der Waals surface area contributed by atoms with E-state index in [0.717, 1.165) is 51.4 Å². The van der Waals surface area contributed by atoms with E-state index in [4.69, 9.17) is 4.43 Å². The molecule has 4 nitrogen and oxygen atoms in total. The van der Waals surface area contributed by atoms with Gasteiger partial charge < -0.3 is 14.3 Å². The van der Waals surface area contributed by atoms with Crippen molar-refractivity contribution in [1.82, 2.24) is 0 Å². The lowest BCUT2D eigenvalue weighted by Gasteiger charge is -2.40. The molecule has 1 N–H and O–H groups in total. The van der Waals surface area contributed by atoms with Crippen LogP contribution < -0.4 is 0 Å². The van der Waals surface area contributed by atoms with E-state index in [9.17, 15) is 9.90 Å². The molecule has 0 saturated heterocycles. The minimum atomic E-state index is -1.85. The van der Waals surface area contributed by atoms with Crippen molar-refractivity contribution in [2.45, 2.75) is 109 Å². The number of methoxy groups -OCH3 is 1. The maximum absolute atomic E-state index is 11.2. The SMILES string of the molecule is C=CCC[C@H]1C(O[Si](C)(C)C(C)(C)C)C[C@H](O)[C@@H]1CCCCCCC(=O)OC. The maximum Gasteiger partial charge on any atom is 0.305 e. The van der Waals surface area contributed by atoms with Crippen LogP contribution in [0.5, 0.6) is 0 Å². The molecule has 0 bridgehead atoms. The van der Waals surface area contributed by atoms with Gasteiger partial charge in [0.1, 0.15) is 0 Å². The van der Waals surface area contributed by atoms with Gasteiger partial charge in [0.05, 0.1) is 19.3 Å². The summed E-state index contributed by atoms with van der Waals surface area (Å²) in [7, 11) is -0.414. The Morgan fingerprint density at radius 2 is 1.79 bits per heavy atom. The fourth-order valence-electron chi connectivity index (χ4n) is 4.06. The van der Waals surface area contributed by atoms with Crippen LogP contribution in [0.4, 0.5) is 0 Å². The third kappa shape index (κ3) is 7.64. The number of carbonyl (C=O) groups is 1. The van der Waals surface area contributed by atoms with E-state index in [0.29, 0.717) is 18.3 Å². The summed E-state index contributed by atoms with van der Waals surface area (Å²) in [6.45, 7) is 15.3. The van der Waals surface area contributed by atoms with E-state index in [1.165, 1.54) is 7.11 Å². The fraction of sp³-hybridized carbons (Fsp3) is 0.870. The molecular formula is C23H44O4Si. The Morgan fingerprint density at radius 3 is 2.36 bits per heavy atom. The van der Waals surface area contributed by atoms with Gasteiger partial charge in [0, 0.05) is 6.42 Å². The van der Waals surface area contributed by atoms with E-state index >= 15 is 0 Å². The van der Waals surface area contributed by atoms with Gasteiger partial charge in [0.2, 0.25) is 0 Å². The Labute approximate surface area is 174 Å². The zero-order valence-electron chi connectivity index (χ0n) is 19.1. The zero-order valence-corrected chi connectivity index (χ0v) is 20.1. The number of rotatable bonds is 12. The average molecular weight is 413 g/mol. The number of hydrogen-bond acceptors (Lipinski definition) is 4. The van der Waals surface area contributed by atoms with Gasteiger partial charge in [-0.1, -0.05) is 46.1 Å². The highest BCUT2D eigenvalue weighted by Gasteiger charge is 2.47. The van der Waals surface area contributed by atoms with Crippen molar-refractivity contribution in [3.8, 4) is 0 Å². The van der Waals surface area contributed by atoms with Crippen LogP contribution in [-0.4, -0.2) is 38.7 Å². The number of hydrogen-bond donors (Lipinski definition) is 1. The second kappa shape index (κ2) is 11.5. The van der Waals surface area contributed by atoms with Crippen LogP contribution in [0, 0.1) is 11.8 Å². The molecule has 28 heavy (non-hydrogen) atoms. The van der Waals surface area contributed by atoms with Crippen LogP contribution in [-0.2, 0) is 14.0 Å². The molecule has 0 aromatic heterocycles. The molecule has 1 rings (SSSR count). The fourth-order valence-corrected chi connectivity index (χ4v) is 5.44. The molecular weight excluding hydrogens is 368 g/mol. The number of unbranched alkanes of at least 4 members (excludes halogenated alkanes) is 3. The third-order valence-corrected chi connectivity index (χ3v) is 11.4. The number of allylic oxidation sites excluding steroid dienone is 1. The minimum Gasteiger partial charge on any atom is -0.469 e. The van der Waals surface area contributed by atoms with E-state index in [1.54, 1.807) is 0 Å². The van der Waals surface area contributed by atoms with Gasteiger partial charge in [-0.2, -0.15) is 0 Å². The smallest absolute Gasteiger partial charge is 0.305 e. The highest BCUT2D eigenvalue weighted by atomic mass is 28.4. The monoisotopic (exact) mass is 412 g/mol. The quantitative estimate of drug-likeness (QED) is 0.189. The van der Waals surface area contributed by atoms with Crippen molar-refractivity contribution in [2.24, 2.45) is 11.8 Å². The van der Waals surface area contributed by atoms with Crippen molar-refractivity contribution in [2.75, 3.05) is 7.11 Å². The Bertz CT molecular complexity index is 483. The molecule has 5 heteroatoms. The number of esters is 1. The summed E-state index contributed by atoms with van der Waals surface area (Å²) in [5.41, 5.74) is 0. The van der Waals surface area contributed by atoms with Crippen LogP contribution in [0.15, 0.2) is 12.7 Å². The van der Waals surface area contributed by atoms with E-state index in [1.807, 2.05) is 6.08 Å². The Morgan fingerprint density at radius 1 is 1.14 bits per heavy atom. The first kappa shape index (κ1) is 25.4. The van der Waals surface area contributed by atoms with E-state index in [2.05, 4.69) is 45.2 Å². The van der Waals surface area contributed by atoms with Gasteiger partial charge in [-0.25, -0.2) is 0 Å². The Hall–Kier alpha value is -0.653. The van der Waals surface area contributed by atoms with Gasteiger partial charge in [-0.15, -0.1) is 6.58 Å². The Kier molecular flexibility index (Phi) is 10.4. The van der Waals surface area contributed by atoms with Crippen LogP contribution in [0.2, 0.25) is 18.1 Å².